The van der Waals surface area contributed by atoms with Gasteiger partial charge in [0.2, 0.25) is 11.8 Å². The van der Waals surface area contributed by atoms with Gasteiger partial charge in [-0.25, -0.2) is 5.84 Å². The number of nitrogens with one attached hydrogen (secondary N) is 1. The lowest BCUT2D eigenvalue weighted by Gasteiger charge is -2.08. The third-order valence-corrected chi connectivity index (χ3v) is 1.81. The molecule has 15 heavy (non-hydrogen) atoms. The molecule has 6 nitrogen and oxygen atoms in total. The Bertz CT molecular complexity index is 315. The SMILES string of the molecule is CC(C)CCOc1cc(NN)nc(N)n1. The van der Waals surface area contributed by atoms with Gasteiger partial charge in [0, 0.05) is 6.07 Å². The minimum atomic E-state index is 0.144. The Labute approximate surface area is 89.0 Å². The summed E-state index contributed by atoms with van der Waals surface area (Å²) in [4.78, 5) is 7.77. The van der Waals surface area contributed by atoms with Crippen LogP contribution in [0.4, 0.5) is 11.8 Å². The Morgan fingerprint density at radius 3 is 2.80 bits per heavy atom. The summed E-state index contributed by atoms with van der Waals surface area (Å²) in [6.07, 6.45) is 0.968. The molecule has 0 saturated heterocycles. The van der Waals surface area contributed by atoms with Gasteiger partial charge in [0.25, 0.3) is 0 Å². The Balaban J connectivity index is 2.56. The number of aromatic nitrogens is 2. The van der Waals surface area contributed by atoms with Crippen molar-refractivity contribution >= 4 is 11.8 Å². The summed E-state index contributed by atoms with van der Waals surface area (Å²) in [6.45, 7) is 4.87. The van der Waals surface area contributed by atoms with Crippen LogP contribution < -0.4 is 21.7 Å². The van der Waals surface area contributed by atoms with Crippen LogP contribution in [0.5, 0.6) is 5.88 Å². The Morgan fingerprint density at radius 2 is 2.20 bits per heavy atom. The van der Waals surface area contributed by atoms with E-state index in [0.29, 0.717) is 24.2 Å². The lowest BCUT2D eigenvalue weighted by atomic mass is 10.1. The highest BCUT2D eigenvalue weighted by Crippen LogP contribution is 2.14. The highest BCUT2D eigenvalue weighted by molar-refractivity contribution is 5.41. The molecule has 0 aliphatic heterocycles. The van der Waals surface area contributed by atoms with Crippen molar-refractivity contribution in [2.24, 2.45) is 11.8 Å². The molecule has 0 radical (unpaired) electrons. The van der Waals surface area contributed by atoms with E-state index in [1.807, 2.05) is 0 Å². The zero-order chi connectivity index (χ0) is 11.3. The van der Waals surface area contributed by atoms with Crippen molar-refractivity contribution in [1.29, 1.82) is 0 Å². The van der Waals surface area contributed by atoms with Crippen LogP contribution in [0.2, 0.25) is 0 Å². The third kappa shape index (κ3) is 3.99. The van der Waals surface area contributed by atoms with E-state index >= 15 is 0 Å². The summed E-state index contributed by atoms with van der Waals surface area (Å²) in [7, 11) is 0. The molecular formula is C9H17N5O. The second-order valence-corrected chi connectivity index (χ2v) is 3.62. The van der Waals surface area contributed by atoms with Crippen LogP contribution in [-0.4, -0.2) is 16.6 Å². The molecule has 0 unspecified atom stereocenters. The van der Waals surface area contributed by atoms with Crippen molar-refractivity contribution in [2.45, 2.75) is 20.3 Å². The normalized spacial score (nSPS) is 10.4. The number of hydrazine groups is 1. The first-order valence-corrected chi connectivity index (χ1v) is 4.85. The number of nitrogen functional groups attached to an aromatic ring is 2. The minimum absolute atomic E-state index is 0.144. The van der Waals surface area contributed by atoms with Gasteiger partial charge < -0.3 is 15.9 Å². The highest BCUT2D eigenvalue weighted by atomic mass is 16.5. The molecule has 0 aromatic carbocycles. The number of hydrogen-bond donors (Lipinski definition) is 3. The molecule has 5 N–H and O–H groups in total. The predicted octanol–water partition coefficient (Wildman–Crippen LogP) is 0.769. The number of anilines is 2. The van der Waals surface area contributed by atoms with Crippen LogP contribution >= 0.6 is 0 Å². The molecule has 84 valence electrons. The number of nitrogens with zero attached hydrogens (tertiary/aromatic N) is 2. The summed E-state index contributed by atoms with van der Waals surface area (Å²) in [5, 5.41) is 0. The van der Waals surface area contributed by atoms with Crippen LogP contribution in [0.1, 0.15) is 20.3 Å². The molecule has 0 fully saturated rings. The van der Waals surface area contributed by atoms with Crippen LogP contribution in [-0.2, 0) is 0 Å². The minimum Gasteiger partial charge on any atom is -0.477 e. The van der Waals surface area contributed by atoms with Crippen molar-refractivity contribution in [1.82, 2.24) is 9.97 Å². The summed E-state index contributed by atoms with van der Waals surface area (Å²) in [5.41, 5.74) is 7.86. The molecule has 0 aliphatic rings. The van der Waals surface area contributed by atoms with E-state index in [1.54, 1.807) is 6.07 Å². The van der Waals surface area contributed by atoms with E-state index in [4.69, 9.17) is 16.3 Å². The van der Waals surface area contributed by atoms with Gasteiger partial charge in [-0.15, -0.1) is 0 Å². The van der Waals surface area contributed by atoms with Gasteiger partial charge in [-0.3, -0.25) is 0 Å². The molecular weight excluding hydrogens is 194 g/mol. The van der Waals surface area contributed by atoms with Gasteiger partial charge in [0.05, 0.1) is 6.61 Å². The number of ether oxygens (including phenoxy) is 1. The van der Waals surface area contributed by atoms with Gasteiger partial charge in [0.1, 0.15) is 5.82 Å². The molecule has 1 heterocycles. The summed E-state index contributed by atoms with van der Waals surface area (Å²) < 4.78 is 5.41. The van der Waals surface area contributed by atoms with E-state index in [9.17, 15) is 0 Å². The Hall–Kier alpha value is -1.56. The second-order valence-electron chi connectivity index (χ2n) is 3.62. The fourth-order valence-corrected chi connectivity index (χ4v) is 0.990. The fourth-order valence-electron chi connectivity index (χ4n) is 0.990. The first-order chi connectivity index (χ1) is 7.11. The molecule has 0 atom stereocenters. The van der Waals surface area contributed by atoms with Crippen molar-refractivity contribution < 1.29 is 4.74 Å². The molecule has 0 bridgehead atoms. The van der Waals surface area contributed by atoms with Gasteiger partial charge in [0.15, 0.2) is 0 Å². The third-order valence-electron chi connectivity index (χ3n) is 1.81. The van der Waals surface area contributed by atoms with E-state index < -0.39 is 0 Å². The van der Waals surface area contributed by atoms with Crippen LogP contribution in [0.15, 0.2) is 6.07 Å². The molecule has 0 amide bonds. The van der Waals surface area contributed by atoms with Gasteiger partial charge >= 0.3 is 0 Å². The molecule has 0 aliphatic carbocycles. The molecule has 1 aromatic heterocycles. The highest BCUT2D eigenvalue weighted by Gasteiger charge is 2.02. The first-order valence-electron chi connectivity index (χ1n) is 4.85. The van der Waals surface area contributed by atoms with Crippen molar-refractivity contribution in [3.8, 4) is 5.88 Å². The maximum atomic E-state index is 5.47. The lowest BCUT2D eigenvalue weighted by molar-refractivity contribution is 0.279. The monoisotopic (exact) mass is 211 g/mol. The van der Waals surface area contributed by atoms with E-state index in [0.717, 1.165) is 6.42 Å². The fraction of sp³-hybridized carbons (Fsp3) is 0.556. The second kappa shape index (κ2) is 5.35. The molecule has 0 spiro atoms. The maximum Gasteiger partial charge on any atom is 0.225 e. The average molecular weight is 211 g/mol. The number of rotatable bonds is 5. The summed E-state index contributed by atoms with van der Waals surface area (Å²) in [6, 6.07) is 1.61. The van der Waals surface area contributed by atoms with Gasteiger partial charge in [-0.1, -0.05) is 13.8 Å². The van der Waals surface area contributed by atoms with Crippen LogP contribution in [0.25, 0.3) is 0 Å². The lowest BCUT2D eigenvalue weighted by Crippen LogP contribution is -2.11. The zero-order valence-electron chi connectivity index (χ0n) is 9.03. The van der Waals surface area contributed by atoms with Crippen molar-refractivity contribution in [3.63, 3.8) is 0 Å². The smallest absolute Gasteiger partial charge is 0.225 e. The van der Waals surface area contributed by atoms with Gasteiger partial charge in [-0.2, -0.15) is 9.97 Å². The summed E-state index contributed by atoms with van der Waals surface area (Å²) in [5.74, 6) is 6.84. The maximum absolute atomic E-state index is 5.47. The topological polar surface area (TPSA) is 99.1 Å². The summed E-state index contributed by atoms with van der Waals surface area (Å²) >= 11 is 0. The Morgan fingerprint density at radius 1 is 1.47 bits per heavy atom. The number of nitrogens with two attached hydrogens (primary N) is 2. The molecule has 1 aromatic rings. The average Bonchev–Trinajstić information content (AvgIpc) is 2.16. The Kier molecular flexibility index (Phi) is 4.11. The molecule has 6 heteroatoms. The van der Waals surface area contributed by atoms with Gasteiger partial charge in [-0.05, 0) is 12.3 Å². The number of hydrogen-bond acceptors (Lipinski definition) is 6. The molecule has 1 rings (SSSR count). The largest absolute Gasteiger partial charge is 0.477 e. The first kappa shape index (κ1) is 11.5. The predicted molar refractivity (Wildman–Crippen MR) is 59.2 cm³/mol. The standard InChI is InChI=1S/C9H17N5O/c1-6(2)3-4-15-8-5-7(14-11)12-9(10)13-8/h5-6H,3-4,11H2,1-2H3,(H3,10,12,13,14). The quantitative estimate of drug-likeness (QED) is 0.491. The van der Waals surface area contributed by atoms with Crippen molar-refractivity contribution in [2.75, 3.05) is 17.8 Å². The van der Waals surface area contributed by atoms with Crippen LogP contribution in [0.3, 0.4) is 0 Å². The molecule has 0 saturated carbocycles. The van der Waals surface area contributed by atoms with Crippen LogP contribution in [0, 0.1) is 5.92 Å². The van der Waals surface area contributed by atoms with E-state index in [1.165, 1.54) is 0 Å². The van der Waals surface area contributed by atoms with E-state index in [-0.39, 0.29) is 5.95 Å². The zero-order valence-corrected chi connectivity index (χ0v) is 9.03. The van der Waals surface area contributed by atoms with E-state index in [2.05, 4.69) is 29.2 Å². The van der Waals surface area contributed by atoms with Crippen molar-refractivity contribution in [3.05, 3.63) is 6.07 Å².